The van der Waals surface area contributed by atoms with Crippen molar-refractivity contribution in [2.75, 3.05) is 6.61 Å². The van der Waals surface area contributed by atoms with Crippen LogP contribution >= 0.6 is 0 Å². The third-order valence-electron chi connectivity index (χ3n) is 6.48. The van der Waals surface area contributed by atoms with E-state index in [4.69, 9.17) is 4.74 Å². The monoisotopic (exact) mass is 450 g/mol. The molecule has 0 unspecified atom stereocenters. The van der Waals surface area contributed by atoms with Crippen molar-refractivity contribution in [3.63, 3.8) is 0 Å². The number of hydrogen-bond donors (Lipinski definition) is 0. The van der Waals surface area contributed by atoms with Gasteiger partial charge in [0.15, 0.2) is 11.6 Å². The average molecular weight is 451 g/mol. The number of rotatable bonds is 6. The number of allylic oxidation sites excluding steroid dienone is 1. The highest BCUT2D eigenvalue weighted by Crippen LogP contribution is 2.32. The number of ether oxygens (including phenoxy) is 1. The lowest BCUT2D eigenvalue weighted by Crippen LogP contribution is -2.09. The highest BCUT2D eigenvalue weighted by molar-refractivity contribution is 5.72. The Hall–Kier alpha value is -3.01. The van der Waals surface area contributed by atoms with Crippen LogP contribution in [0.25, 0.3) is 28.3 Å². The van der Waals surface area contributed by atoms with Crippen molar-refractivity contribution < 1.29 is 17.9 Å². The van der Waals surface area contributed by atoms with Gasteiger partial charge >= 0.3 is 0 Å². The Morgan fingerprint density at radius 1 is 0.818 bits per heavy atom. The summed E-state index contributed by atoms with van der Waals surface area (Å²) in [5, 5.41) is 0. The Balaban J connectivity index is 1.50. The maximum Gasteiger partial charge on any atom is 0.201 e. The first kappa shape index (κ1) is 23.2. The van der Waals surface area contributed by atoms with Crippen molar-refractivity contribution in [2.45, 2.75) is 39.5 Å². The molecule has 0 N–H and O–H groups in total. The maximum atomic E-state index is 14.7. The second-order valence-electron chi connectivity index (χ2n) is 8.86. The van der Waals surface area contributed by atoms with Crippen molar-refractivity contribution in [1.82, 2.24) is 0 Å². The summed E-state index contributed by atoms with van der Waals surface area (Å²) in [6.07, 6.45) is 8.85. The third-order valence-corrected chi connectivity index (χ3v) is 6.48. The molecule has 0 bridgehead atoms. The van der Waals surface area contributed by atoms with Gasteiger partial charge in [0.2, 0.25) is 5.82 Å². The molecule has 0 spiro atoms. The van der Waals surface area contributed by atoms with Gasteiger partial charge < -0.3 is 4.74 Å². The van der Waals surface area contributed by atoms with Crippen LogP contribution in [0.4, 0.5) is 13.2 Å². The molecule has 33 heavy (non-hydrogen) atoms. The zero-order valence-electron chi connectivity index (χ0n) is 19.1. The number of benzene rings is 3. The largest absolute Gasteiger partial charge is 0.491 e. The summed E-state index contributed by atoms with van der Waals surface area (Å²) in [6, 6.07) is 15.1. The van der Waals surface area contributed by atoms with Crippen LogP contribution in [-0.2, 0) is 0 Å². The van der Waals surface area contributed by atoms with Crippen molar-refractivity contribution >= 4 is 6.08 Å². The molecule has 1 nitrogen and oxygen atoms in total. The molecule has 1 aliphatic rings. The van der Waals surface area contributed by atoms with Gasteiger partial charge in [-0.1, -0.05) is 68.3 Å². The van der Waals surface area contributed by atoms with Gasteiger partial charge in [0.25, 0.3) is 0 Å². The van der Waals surface area contributed by atoms with Gasteiger partial charge in [-0.3, -0.25) is 0 Å². The van der Waals surface area contributed by atoms with E-state index in [2.05, 4.69) is 13.0 Å². The van der Waals surface area contributed by atoms with E-state index < -0.39 is 11.6 Å². The molecule has 172 valence electrons. The second-order valence-corrected chi connectivity index (χ2v) is 8.86. The van der Waals surface area contributed by atoms with E-state index in [1.54, 1.807) is 37.3 Å². The van der Waals surface area contributed by atoms with E-state index in [1.807, 2.05) is 12.1 Å². The van der Waals surface area contributed by atoms with Gasteiger partial charge in [-0.25, -0.2) is 8.78 Å². The smallest absolute Gasteiger partial charge is 0.201 e. The Kier molecular flexibility index (Phi) is 7.22. The molecule has 1 aliphatic carbocycles. The van der Waals surface area contributed by atoms with Crippen LogP contribution in [-0.4, -0.2) is 6.61 Å². The Morgan fingerprint density at radius 2 is 1.48 bits per heavy atom. The van der Waals surface area contributed by atoms with Gasteiger partial charge in [0, 0.05) is 11.1 Å². The van der Waals surface area contributed by atoms with Crippen molar-refractivity contribution in [3.05, 3.63) is 83.7 Å². The van der Waals surface area contributed by atoms with E-state index >= 15 is 0 Å². The topological polar surface area (TPSA) is 9.23 Å². The maximum absolute atomic E-state index is 14.7. The Morgan fingerprint density at radius 3 is 2.15 bits per heavy atom. The molecule has 3 aromatic carbocycles. The molecule has 1 saturated carbocycles. The highest BCUT2D eigenvalue weighted by Gasteiger charge is 2.17. The second kappa shape index (κ2) is 10.3. The van der Waals surface area contributed by atoms with Gasteiger partial charge in [0.1, 0.15) is 5.82 Å². The molecule has 0 atom stereocenters. The molecule has 0 heterocycles. The van der Waals surface area contributed by atoms with Crippen LogP contribution < -0.4 is 4.74 Å². The first-order chi connectivity index (χ1) is 16.0. The van der Waals surface area contributed by atoms with Crippen LogP contribution in [0.3, 0.4) is 0 Å². The third kappa shape index (κ3) is 5.32. The summed E-state index contributed by atoms with van der Waals surface area (Å²) < 4.78 is 48.6. The molecular weight excluding hydrogens is 421 g/mol. The van der Waals surface area contributed by atoms with Crippen molar-refractivity contribution in [3.8, 4) is 28.0 Å². The lowest BCUT2D eigenvalue weighted by Gasteiger charge is -2.23. The summed E-state index contributed by atoms with van der Waals surface area (Å²) in [4.78, 5) is 0. The van der Waals surface area contributed by atoms with Gasteiger partial charge in [-0.2, -0.15) is 4.39 Å². The molecular formula is C29H29F3O. The Labute approximate surface area is 193 Å². The molecule has 0 saturated heterocycles. The van der Waals surface area contributed by atoms with Gasteiger partial charge in [0.05, 0.1) is 6.61 Å². The minimum absolute atomic E-state index is 0.0990. The minimum atomic E-state index is -0.994. The van der Waals surface area contributed by atoms with E-state index in [9.17, 15) is 13.2 Å². The zero-order chi connectivity index (χ0) is 23.4. The van der Waals surface area contributed by atoms with E-state index in [0.29, 0.717) is 17.0 Å². The van der Waals surface area contributed by atoms with E-state index in [-0.39, 0.29) is 23.7 Å². The van der Waals surface area contributed by atoms with E-state index in [1.165, 1.54) is 43.9 Å². The quantitative estimate of drug-likeness (QED) is 0.365. The summed E-state index contributed by atoms with van der Waals surface area (Å²) in [7, 11) is 0. The lowest BCUT2D eigenvalue weighted by atomic mass is 9.83. The van der Waals surface area contributed by atoms with Crippen molar-refractivity contribution in [1.29, 1.82) is 0 Å². The number of halogens is 3. The minimum Gasteiger partial charge on any atom is -0.491 e. The summed E-state index contributed by atoms with van der Waals surface area (Å²) in [5.74, 6) is -0.979. The summed E-state index contributed by atoms with van der Waals surface area (Å²) >= 11 is 0. The molecule has 3 aromatic rings. The highest BCUT2D eigenvalue weighted by atomic mass is 19.2. The summed E-state index contributed by atoms with van der Waals surface area (Å²) in [5.41, 5.74) is 2.83. The Bertz CT molecular complexity index is 1130. The molecule has 4 rings (SSSR count). The number of hydrogen-bond acceptors (Lipinski definition) is 1. The van der Waals surface area contributed by atoms with Gasteiger partial charge in [-0.05, 0) is 66.5 Å². The van der Waals surface area contributed by atoms with Crippen LogP contribution in [0.1, 0.15) is 45.1 Å². The molecule has 0 amide bonds. The predicted molar refractivity (Wildman–Crippen MR) is 129 cm³/mol. The summed E-state index contributed by atoms with van der Waals surface area (Å²) in [6.45, 7) is 4.26. The van der Waals surface area contributed by atoms with Crippen LogP contribution in [0.15, 0.2) is 60.7 Å². The van der Waals surface area contributed by atoms with Crippen LogP contribution in [0.5, 0.6) is 5.75 Å². The molecule has 0 aliphatic heterocycles. The van der Waals surface area contributed by atoms with Crippen LogP contribution in [0, 0.1) is 29.3 Å². The SMILES string of the molecule is CCOc1ccc(-c2ccc(-c3ccc(C=CC4CCC(C)CC4)c(F)c3)cc2)c(F)c1F. The lowest BCUT2D eigenvalue weighted by molar-refractivity contribution is 0.314. The standard InChI is InChI=1S/C29H29F3O/c1-3-33-27-17-16-25(28(31)29(27)32)22-12-10-21(11-13-22)24-15-14-23(26(30)18-24)9-8-20-6-4-19(2)5-7-20/h8-20H,3-7H2,1-2H3. The molecule has 4 heteroatoms. The fraction of sp³-hybridized carbons (Fsp3) is 0.310. The fourth-order valence-corrected chi connectivity index (χ4v) is 4.42. The van der Waals surface area contributed by atoms with Gasteiger partial charge in [-0.15, -0.1) is 0 Å². The van der Waals surface area contributed by atoms with Crippen molar-refractivity contribution in [2.24, 2.45) is 11.8 Å². The molecule has 1 fully saturated rings. The van der Waals surface area contributed by atoms with E-state index in [0.717, 1.165) is 17.0 Å². The predicted octanol–water partition coefficient (Wildman–Crippen LogP) is 8.68. The average Bonchev–Trinajstić information content (AvgIpc) is 2.83. The molecule has 0 radical (unpaired) electrons. The first-order valence-electron chi connectivity index (χ1n) is 11.7. The first-order valence-corrected chi connectivity index (χ1v) is 11.7. The molecule has 0 aromatic heterocycles. The van der Waals surface area contributed by atoms with Crippen LogP contribution in [0.2, 0.25) is 0 Å². The fourth-order valence-electron chi connectivity index (χ4n) is 4.42. The zero-order valence-corrected chi connectivity index (χ0v) is 19.1. The normalized spacial score (nSPS) is 18.6.